The van der Waals surface area contributed by atoms with Crippen LogP contribution in [-0.4, -0.2) is 11.2 Å². The Labute approximate surface area is 112 Å². The summed E-state index contributed by atoms with van der Waals surface area (Å²) in [6.07, 6.45) is 16.7. The molecule has 1 heteroatoms. The van der Waals surface area contributed by atoms with Crippen molar-refractivity contribution >= 4 is 0 Å². The summed E-state index contributed by atoms with van der Waals surface area (Å²) in [6.45, 7) is 0. The SMILES string of the molecule is OC(C1CCCCCC1)C(C1CCC1)C1CCC1. The Kier molecular flexibility index (Phi) is 4.28. The molecule has 0 bridgehead atoms. The third-order valence-corrected chi connectivity index (χ3v) is 6.17. The molecule has 1 atom stereocenters. The maximum Gasteiger partial charge on any atom is 0.0601 e. The second kappa shape index (κ2) is 5.94. The van der Waals surface area contributed by atoms with Crippen molar-refractivity contribution in [1.29, 1.82) is 0 Å². The molecule has 18 heavy (non-hydrogen) atoms. The van der Waals surface area contributed by atoms with Gasteiger partial charge in [-0.2, -0.15) is 0 Å². The van der Waals surface area contributed by atoms with Crippen molar-refractivity contribution in [2.24, 2.45) is 23.7 Å². The summed E-state index contributed by atoms with van der Waals surface area (Å²) in [7, 11) is 0. The maximum absolute atomic E-state index is 10.9. The van der Waals surface area contributed by atoms with Crippen LogP contribution < -0.4 is 0 Å². The van der Waals surface area contributed by atoms with Gasteiger partial charge in [-0.15, -0.1) is 0 Å². The minimum absolute atomic E-state index is 0.0405. The lowest BCUT2D eigenvalue weighted by Gasteiger charge is -2.46. The van der Waals surface area contributed by atoms with Gasteiger partial charge in [-0.05, 0) is 36.5 Å². The van der Waals surface area contributed by atoms with Crippen molar-refractivity contribution in [3.63, 3.8) is 0 Å². The van der Waals surface area contributed by atoms with E-state index in [-0.39, 0.29) is 6.10 Å². The average molecular weight is 250 g/mol. The highest BCUT2D eigenvalue weighted by Gasteiger charge is 2.42. The van der Waals surface area contributed by atoms with Crippen molar-refractivity contribution in [2.75, 3.05) is 0 Å². The van der Waals surface area contributed by atoms with E-state index in [1.807, 2.05) is 0 Å². The van der Waals surface area contributed by atoms with Gasteiger partial charge in [0.1, 0.15) is 0 Å². The first-order chi connectivity index (χ1) is 8.86. The molecule has 0 amide bonds. The van der Waals surface area contributed by atoms with Crippen molar-refractivity contribution in [2.45, 2.75) is 83.2 Å². The molecule has 0 heterocycles. The van der Waals surface area contributed by atoms with E-state index in [2.05, 4.69) is 0 Å². The molecule has 0 radical (unpaired) electrons. The minimum atomic E-state index is 0.0405. The van der Waals surface area contributed by atoms with E-state index in [0.29, 0.717) is 11.8 Å². The third-order valence-electron chi connectivity index (χ3n) is 6.17. The van der Waals surface area contributed by atoms with E-state index < -0.39 is 0 Å². The molecule has 0 spiro atoms. The first-order valence-electron chi connectivity index (χ1n) is 8.54. The lowest BCUT2D eigenvalue weighted by atomic mass is 9.60. The van der Waals surface area contributed by atoms with Crippen LogP contribution in [0.15, 0.2) is 0 Å². The predicted molar refractivity (Wildman–Crippen MR) is 75.4 cm³/mol. The molecule has 1 N–H and O–H groups in total. The van der Waals surface area contributed by atoms with Gasteiger partial charge in [-0.1, -0.05) is 64.2 Å². The second-order valence-corrected chi connectivity index (χ2v) is 7.20. The van der Waals surface area contributed by atoms with Crippen LogP contribution in [0, 0.1) is 23.7 Å². The summed E-state index contributed by atoms with van der Waals surface area (Å²) in [4.78, 5) is 0. The Balaban J connectivity index is 1.63. The first-order valence-corrected chi connectivity index (χ1v) is 8.54. The van der Waals surface area contributed by atoms with Gasteiger partial charge >= 0.3 is 0 Å². The van der Waals surface area contributed by atoms with E-state index in [0.717, 1.165) is 11.8 Å². The standard InChI is InChI=1S/C17H30O/c18-17(15-7-3-1-2-4-8-15)16(13-9-5-10-13)14-11-6-12-14/h13-18H,1-12H2. The van der Waals surface area contributed by atoms with Gasteiger partial charge in [-0.3, -0.25) is 0 Å². The van der Waals surface area contributed by atoms with E-state index in [1.54, 1.807) is 0 Å². The molecular formula is C17H30O. The minimum Gasteiger partial charge on any atom is -0.393 e. The molecular weight excluding hydrogens is 220 g/mol. The van der Waals surface area contributed by atoms with Gasteiger partial charge in [0.2, 0.25) is 0 Å². The normalized spacial score (nSPS) is 29.7. The van der Waals surface area contributed by atoms with Gasteiger partial charge in [-0.25, -0.2) is 0 Å². The van der Waals surface area contributed by atoms with E-state index in [9.17, 15) is 5.11 Å². The highest BCUT2D eigenvalue weighted by molar-refractivity contribution is 4.92. The summed E-state index contributed by atoms with van der Waals surface area (Å²) < 4.78 is 0. The van der Waals surface area contributed by atoms with Gasteiger partial charge in [0.05, 0.1) is 6.10 Å². The molecule has 104 valence electrons. The smallest absolute Gasteiger partial charge is 0.0601 e. The molecule has 1 unspecified atom stereocenters. The zero-order valence-electron chi connectivity index (χ0n) is 11.8. The topological polar surface area (TPSA) is 20.2 Å². The Hall–Kier alpha value is -0.0400. The van der Waals surface area contributed by atoms with Crippen LogP contribution in [0.1, 0.15) is 77.0 Å². The van der Waals surface area contributed by atoms with Crippen LogP contribution in [0.2, 0.25) is 0 Å². The second-order valence-electron chi connectivity index (χ2n) is 7.20. The van der Waals surface area contributed by atoms with Crippen molar-refractivity contribution in [3.8, 4) is 0 Å². The summed E-state index contributed by atoms with van der Waals surface area (Å²) in [5, 5.41) is 10.9. The quantitative estimate of drug-likeness (QED) is 0.727. The Bertz CT molecular complexity index is 232. The molecule has 0 saturated heterocycles. The van der Waals surface area contributed by atoms with Crippen molar-refractivity contribution in [1.82, 2.24) is 0 Å². The van der Waals surface area contributed by atoms with Crippen LogP contribution in [0.5, 0.6) is 0 Å². The zero-order chi connectivity index (χ0) is 12.4. The summed E-state index contributed by atoms with van der Waals surface area (Å²) >= 11 is 0. The van der Waals surface area contributed by atoms with E-state index in [1.165, 1.54) is 77.0 Å². The van der Waals surface area contributed by atoms with Crippen molar-refractivity contribution in [3.05, 3.63) is 0 Å². The average Bonchev–Trinajstić information content (AvgIpc) is 2.50. The van der Waals surface area contributed by atoms with E-state index in [4.69, 9.17) is 0 Å². The van der Waals surface area contributed by atoms with Crippen LogP contribution >= 0.6 is 0 Å². The largest absolute Gasteiger partial charge is 0.393 e. The number of aliphatic hydroxyl groups is 1. The predicted octanol–water partition coefficient (Wildman–Crippen LogP) is 4.53. The molecule has 3 saturated carbocycles. The molecule has 3 rings (SSSR count). The number of rotatable bonds is 4. The number of hydrogen-bond acceptors (Lipinski definition) is 1. The molecule has 0 aromatic rings. The first kappa shape index (κ1) is 13.0. The Morgan fingerprint density at radius 2 is 1.00 bits per heavy atom. The lowest BCUT2D eigenvalue weighted by molar-refractivity contribution is -0.0503. The van der Waals surface area contributed by atoms with Crippen LogP contribution in [-0.2, 0) is 0 Å². The Morgan fingerprint density at radius 1 is 0.556 bits per heavy atom. The van der Waals surface area contributed by atoms with Crippen molar-refractivity contribution < 1.29 is 5.11 Å². The molecule has 3 aliphatic carbocycles. The van der Waals surface area contributed by atoms with Crippen LogP contribution in [0.25, 0.3) is 0 Å². The summed E-state index contributed by atoms with van der Waals surface area (Å²) in [5.74, 6) is 3.08. The van der Waals surface area contributed by atoms with E-state index >= 15 is 0 Å². The lowest BCUT2D eigenvalue weighted by Crippen LogP contribution is -2.43. The Morgan fingerprint density at radius 3 is 1.39 bits per heavy atom. The van der Waals surface area contributed by atoms with Gasteiger partial charge < -0.3 is 5.11 Å². The third kappa shape index (κ3) is 2.61. The highest BCUT2D eigenvalue weighted by atomic mass is 16.3. The molecule has 0 aliphatic heterocycles. The maximum atomic E-state index is 10.9. The summed E-state index contributed by atoms with van der Waals surface area (Å²) in [5.41, 5.74) is 0. The highest BCUT2D eigenvalue weighted by Crippen LogP contribution is 2.48. The molecule has 0 aromatic carbocycles. The zero-order valence-corrected chi connectivity index (χ0v) is 11.8. The summed E-state index contributed by atoms with van der Waals surface area (Å²) in [6, 6.07) is 0. The monoisotopic (exact) mass is 250 g/mol. The van der Waals surface area contributed by atoms with Crippen LogP contribution in [0.3, 0.4) is 0 Å². The molecule has 3 aliphatic rings. The van der Waals surface area contributed by atoms with Gasteiger partial charge in [0.25, 0.3) is 0 Å². The van der Waals surface area contributed by atoms with Gasteiger partial charge in [0, 0.05) is 0 Å². The fourth-order valence-corrected chi connectivity index (χ4v) is 4.56. The molecule has 1 nitrogen and oxygen atoms in total. The fourth-order valence-electron chi connectivity index (χ4n) is 4.56. The molecule has 0 aromatic heterocycles. The number of hydrogen-bond donors (Lipinski definition) is 1. The molecule has 3 fully saturated rings. The fraction of sp³-hybridized carbons (Fsp3) is 1.00. The number of aliphatic hydroxyl groups excluding tert-OH is 1. The van der Waals surface area contributed by atoms with Gasteiger partial charge in [0.15, 0.2) is 0 Å². The van der Waals surface area contributed by atoms with Crippen LogP contribution in [0.4, 0.5) is 0 Å².